The molecule has 1 aliphatic carbocycles. The van der Waals surface area contributed by atoms with Gasteiger partial charge in [0, 0.05) is 6.04 Å². The fraction of sp³-hybridized carbons (Fsp3) is 0.588. The summed E-state index contributed by atoms with van der Waals surface area (Å²) in [4.78, 5) is 12.2. The van der Waals surface area contributed by atoms with E-state index in [0.717, 1.165) is 12.8 Å². The van der Waals surface area contributed by atoms with Gasteiger partial charge in [0.1, 0.15) is 0 Å². The van der Waals surface area contributed by atoms with E-state index < -0.39 is 6.04 Å². The Bertz CT molecular complexity index is 428. The lowest BCUT2D eigenvalue weighted by molar-refractivity contribution is -0.124. The van der Waals surface area contributed by atoms with Crippen LogP contribution in [0, 0.1) is 11.8 Å². The van der Waals surface area contributed by atoms with Gasteiger partial charge < -0.3 is 11.1 Å². The molecule has 1 amide bonds. The summed E-state index contributed by atoms with van der Waals surface area (Å²) in [6, 6.07) is 10.2. The van der Waals surface area contributed by atoms with Crippen LogP contribution in [-0.2, 0) is 11.2 Å². The van der Waals surface area contributed by atoms with Crippen LogP contribution < -0.4 is 11.1 Å². The third-order valence-corrected chi connectivity index (χ3v) is 4.38. The zero-order valence-electron chi connectivity index (χ0n) is 12.5. The van der Waals surface area contributed by atoms with E-state index in [9.17, 15) is 4.79 Å². The Morgan fingerprint density at radius 2 is 2.00 bits per heavy atom. The third kappa shape index (κ3) is 4.07. The fourth-order valence-corrected chi connectivity index (χ4v) is 2.49. The van der Waals surface area contributed by atoms with Crippen LogP contribution in [0.25, 0.3) is 0 Å². The Labute approximate surface area is 121 Å². The molecule has 1 aromatic rings. The zero-order valence-corrected chi connectivity index (χ0v) is 12.5. The number of benzene rings is 1. The predicted molar refractivity (Wildman–Crippen MR) is 82.2 cm³/mol. The first-order chi connectivity index (χ1) is 9.61. The first-order valence-electron chi connectivity index (χ1n) is 7.71. The monoisotopic (exact) mass is 274 g/mol. The van der Waals surface area contributed by atoms with E-state index >= 15 is 0 Å². The number of carbonyl (C=O) groups excluding carboxylic acids is 1. The SMILES string of the molecule is CCC(C)C(N)C(=O)NC(Cc1ccccc1)C1CC1. The summed E-state index contributed by atoms with van der Waals surface area (Å²) in [6.07, 6.45) is 4.28. The molecule has 0 spiro atoms. The van der Waals surface area contributed by atoms with Crippen LogP contribution in [-0.4, -0.2) is 18.0 Å². The molecule has 0 heterocycles. The number of hydrogen-bond acceptors (Lipinski definition) is 2. The second-order valence-electron chi connectivity index (χ2n) is 6.05. The minimum atomic E-state index is -0.392. The van der Waals surface area contributed by atoms with Gasteiger partial charge in [-0.3, -0.25) is 4.79 Å². The Balaban J connectivity index is 1.94. The minimum absolute atomic E-state index is 0.00665. The van der Waals surface area contributed by atoms with Gasteiger partial charge in [-0.2, -0.15) is 0 Å². The lowest BCUT2D eigenvalue weighted by Gasteiger charge is -2.23. The maximum absolute atomic E-state index is 12.2. The summed E-state index contributed by atoms with van der Waals surface area (Å²) in [5, 5.41) is 3.18. The standard InChI is InChI=1S/C17H26N2O/c1-3-12(2)16(18)17(20)19-15(14-9-10-14)11-13-7-5-4-6-8-13/h4-8,12,14-16H,3,9-11,18H2,1-2H3,(H,19,20). The molecule has 1 aliphatic rings. The van der Waals surface area contributed by atoms with Gasteiger partial charge in [0.2, 0.25) is 5.91 Å². The first kappa shape index (κ1) is 15.0. The van der Waals surface area contributed by atoms with Gasteiger partial charge in [0.25, 0.3) is 0 Å². The van der Waals surface area contributed by atoms with Crippen LogP contribution in [0.3, 0.4) is 0 Å². The van der Waals surface area contributed by atoms with E-state index in [2.05, 4.69) is 24.4 Å². The minimum Gasteiger partial charge on any atom is -0.351 e. The molecular weight excluding hydrogens is 248 g/mol. The molecule has 0 radical (unpaired) electrons. The Hall–Kier alpha value is -1.35. The van der Waals surface area contributed by atoms with Crippen molar-refractivity contribution in [1.29, 1.82) is 0 Å². The highest BCUT2D eigenvalue weighted by atomic mass is 16.2. The number of amides is 1. The summed E-state index contributed by atoms with van der Waals surface area (Å²) in [5.74, 6) is 0.863. The van der Waals surface area contributed by atoms with Crippen LogP contribution in [0.2, 0.25) is 0 Å². The Kier molecular flexibility index (Phi) is 5.18. The molecule has 1 fully saturated rings. The highest BCUT2D eigenvalue weighted by molar-refractivity contribution is 5.82. The second kappa shape index (κ2) is 6.89. The second-order valence-corrected chi connectivity index (χ2v) is 6.05. The van der Waals surface area contributed by atoms with Crippen molar-refractivity contribution in [3.05, 3.63) is 35.9 Å². The Morgan fingerprint density at radius 1 is 1.35 bits per heavy atom. The average molecular weight is 274 g/mol. The molecule has 0 aliphatic heterocycles. The summed E-state index contributed by atoms with van der Waals surface area (Å²) in [6.45, 7) is 4.10. The number of rotatable bonds is 7. The predicted octanol–water partition coefficient (Wildman–Crippen LogP) is 2.50. The van der Waals surface area contributed by atoms with Crippen LogP contribution in [0.15, 0.2) is 30.3 Å². The highest BCUT2D eigenvalue weighted by Crippen LogP contribution is 2.34. The van der Waals surface area contributed by atoms with Crippen molar-refractivity contribution >= 4 is 5.91 Å². The summed E-state index contributed by atoms with van der Waals surface area (Å²) >= 11 is 0. The molecular formula is C17H26N2O. The highest BCUT2D eigenvalue weighted by Gasteiger charge is 2.33. The molecule has 0 aromatic heterocycles. The molecule has 3 atom stereocenters. The van der Waals surface area contributed by atoms with Crippen molar-refractivity contribution in [2.24, 2.45) is 17.6 Å². The van der Waals surface area contributed by atoms with Crippen LogP contribution in [0.5, 0.6) is 0 Å². The topological polar surface area (TPSA) is 55.1 Å². The summed E-state index contributed by atoms with van der Waals surface area (Å²) in [7, 11) is 0. The van der Waals surface area contributed by atoms with Gasteiger partial charge >= 0.3 is 0 Å². The van der Waals surface area contributed by atoms with Gasteiger partial charge in [-0.15, -0.1) is 0 Å². The van der Waals surface area contributed by atoms with Crippen molar-refractivity contribution in [2.75, 3.05) is 0 Å². The maximum Gasteiger partial charge on any atom is 0.237 e. The molecule has 2 rings (SSSR count). The van der Waals surface area contributed by atoms with Crippen LogP contribution in [0.1, 0.15) is 38.7 Å². The molecule has 1 saturated carbocycles. The third-order valence-electron chi connectivity index (χ3n) is 4.38. The smallest absolute Gasteiger partial charge is 0.237 e. The van der Waals surface area contributed by atoms with E-state index in [-0.39, 0.29) is 17.9 Å². The molecule has 3 unspecified atom stereocenters. The van der Waals surface area contributed by atoms with Crippen LogP contribution in [0.4, 0.5) is 0 Å². The van der Waals surface area contributed by atoms with Gasteiger partial charge in [-0.05, 0) is 36.7 Å². The largest absolute Gasteiger partial charge is 0.351 e. The molecule has 0 bridgehead atoms. The van der Waals surface area contributed by atoms with Crippen LogP contribution >= 0.6 is 0 Å². The van der Waals surface area contributed by atoms with E-state index in [1.165, 1.54) is 18.4 Å². The Morgan fingerprint density at radius 3 is 2.55 bits per heavy atom. The number of carbonyl (C=O) groups is 1. The van der Waals surface area contributed by atoms with Crippen molar-refractivity contribution < 1.29 is 4.79 Å². The average Bonchev–Trinajstić information content (AvgIpc) is 3.30. The van der Waals surface area contributed by atoms with E-state index in [1.54, 1.807) is 0 Å². The number of nitrogens with two attached hydrogens (primary N) is 1. The van der Waals surface area contributed by atoms with Crippen molar-refractivity contribution in [3.63, 3.8) is 0 Å². The maximum atomic E-state index is 12.2. The van der Waals surface area contributed by atoms with Gasteiger partial charge in [-0.1, -0.05) is 50.6 Å². The molecule has 3 nitrogen and oxygen atoms in total. The van der Waals surface area contributed by atoms with Crippen molar-refractivity contribution in [3.8, 4) is 0 Å². The van der Waals surface area contributed by atoms with Gasteiger partial charge in [0.05, 0.1) is 6.04 Å². The van der Waals surface area contributed by atoms with Crippen molar-refractivity contribution in [1.82, 2.24) is 5.32 Å². The van der Waals surface area contributed by atoms with E-state index in [1.807, 2.05) is 25.1 Å². The lowest BCUT2D eigenvalue weighted by Crippen LogP contribution is -2.49. The van der Waals surface area contributed by atoms with Crippen molar-refractivity contribution in [2.45, 2.75) is 51.6 Å². The number of hydrogen-bond donors (Lipinski definition) is 2. The molecule has 110 valence electrons. The molecule has 3 heteroatoms. The van der Waals surface area contributed by atoms with Gasteiger partial charge in [0.15, 0.2) is 0 Å². The fourth-order valence-electron chi connectivity index (χ4n) is 2.49. The summed E-state index contributed by atoms with van der Waals surface area (Å²) < 4.78 is 0. The molecule has 1 aromatic carbocycles. The molecule has 20 heavy (non-hydrogen) atoms. The van der Waals surface area contributed by atoms with E-state index in [4.69, 9.17) is 5.73 Å². The summed E-state index contributed by atoms with van der Waals surface area (Å²) in [5.41, 5.74) is 7.30. The molecule has 0 saturated heterocycles. The quantitative estimate of drug-likeness (QED) is 0.802. The lowest BCUT2D eigenvalue weighted by atomic mass is 9.97. The zero-order chi connectivity index (χ0) is 14.5. The van der Waals surface area contributed by atoms with E-state index in [0.29, 0.717) is 5.92 Å². The normalized spacial score (nSPS) is 19.1. The molecule has 3 N–H and O–H groups in total. The number of nitrogens with one attached hydrogen (secondary N) is 1. The first-order valence-corrected chi connectivity index (χ1v) is 7.71. The van der Waals surface area contributed by atoms with Gasteiger partial charge in [-0.25, -0.2) is 0 Å².